The van der Waals surface area contributed by atoms with Crippen LogP contribution in [0.5, 0.6) is 11.5 Å². The SMILES string of the molecule is COC(C)O[Si](c1ccccc1O)c1ccccc1O. The molecule has 1 atom stereocenters. The van der Waals surface area contributed by atoms with Gasteiger partial charge in [0.25, 0.3) is 9.04 Å². The number of phenolic OH excluding ortho intramolecular Hbond substituents is 2. The largest absolute Gasteiger partial charge is 0.508 e. The van der Waals surface area contributed by atoms with Crippen LogP contribution < -0.4 is 10.4 Å². The summed E-state index contributed by atoms with van der Waals surface area (Å²) in [6, 6.07) is 14.0. The number of phenols is 2. The van der Waals surface area contributed by atoms with Gasteiger partial charge in [-0.3, -0.25) is 0 Å². The second-order valence-corrected chi connectivity index (χ2v) is 6.26. The molecule has 0 fully saturated rings. The molecule has 0 aliphatic heterocycles. The van der Waals surface area contributed by atoms with Crippen molar-refractivity contribution in [3.8, 4) is 11.5 Å². The van der Waals surface area contributed by atoms with Crippen LogP contribution in [0.15, 0.2) is 48.5 Å². The number of hydrogen-bond acceptors (Lipinski definition) is 4. The number of benzene rings is 2. The van der Waals surface area contributed by atoms with Gasteiger partial charge in [-0.15, -0.1) is 0 Å². The molecule has 20 heavy (non-hydrogen) atoms. The van der Waals surface area contributed by atoms with E-state index in [4.69, 9.17) is 9.16 Å². The number of ether oxygens (including phenoxy) is 1. The maximum atomic E-state index is 10.0. The second-order valence-electron chi connectivity index (χ2n) is 4.28. The highest BCUT2D eigenvalue weighted by Crippen LogP contribution is 2.12. The van der Waals surface area contributed by atoms with Gasteiger partial charge in [0.1, 0.15) is 17.8 Å². The van der Waals surface area contributed by atoms with Crippen LogP contribution in [0.25, 0.3) is 0 Å². The standard InChI is InChI=1S/C15H17O4Si/c1-11(18-2)19-20(14-9-5-3-7-12(14)16)15-10-6-4-8-13(15)17/h3-11,16-17H,1-2H3. The zero-order valence-electron chi connectivity index (χ0n) is 11.4. The van der Waals surface area contributed by atoms with E-state index in [0.29, 0.717) is 10.4 Å². The van der Waals surface area contributed by atoms with Crippen molar-refractivity contribution in [3.05, 3.63) is 48.5 Å². The number of rotatable bonds is 5. The topological polar surface area (TPSA) is 58.9 Å². The maximum Gasteiger partial charge on any atom is 0.293 e. The van der Waals surface area contributed by atoms with Crippen molar-refractivity contribution >= 4 is 19.4 Å². The first-order valence-corrected chi connectivity index (χ1v) is 7.67. The summed E-state index contributed by atoms with van der Waals surface area (Å²) >= 11 is 0. The van der Waals surface area contributed by atoms with E-state index in [1.54, 1.807) is 50.4 Å². The Morgan fingerprint density at radius 2 is 1.35 bits per heavy atom. The van der Waals surface area contributed by atoms with Gasteiger partial charge >= 0.3 is 0 Å². The van der Waals surface area contributed by atoms with Gasteiger partial charge in [0.2, 0.25) is 0 Å². The Labute approximate surface area is 119 Å². The molecule has 0 saturated carbocycles. The molecule has 2 aromatic rings. The van der Waals surface area contributed by atoms with E-state index in [1.807, 2.05) is 12.1 Å². The van der Waals surface area contributed by atoms with Gasteiger partial charge in [0.15, 0.2) is 0 Å². The van der Waals surface area contributed by atoms with Crippen LogP contribution >= 0.6 is 0 Å². The minimum atomic E-state index is -1.80. The van der Waals surface area contributed by atoms with E-state index in [2.05, 4.69) is 0 Å². The third kappa shape index (κ3) is 3.19. The van der Waals surface area contributed by atoms with Crippen LogP contribution in [0.1, 0.15) is 6.92 Å². The molecule has 5 heteroatoms. The van der Waals surface area contributed by atoms with Gasteiger partial charge in [-0.05, 0) is 19.1 Å². The molecule has 1 unspecified atom stereocenters. The van der Waals surface area contributed by atoms with Crippen molar-refractivity contribution in [1.82, 2.24) is 0 Å². The Bertz CT molecular complexity index is 528. The first kappa shape index (κ1) is 14.6. The van der Waals surface area contributed by atoms with E-state index in [1.165, 1.54) is 0 Å². The molecule has 0 heterocycles. The summed E-state index contributed by atoms with van der Waals surface area (Å²) in [6.07, 6.45) is -0.428. The van der Waals surface area contributed by atoms with Crippen LogP contribution in [0, 0.1) is 0 Å². The maximum absolute atomic E-state index is 10.0. The fourth-order valence-electron chi connectivity index (χ4n) is 1.82. The Hall–Kier alpha value is -1.82. The summed E-state index contributed by atoms with van der Waals surface area (Å²) in [4.78, 5) is 0. The average molecular weight is 289 g/mol. The van der Waals surface area contributed by atoms with Gasteiger partial charge in [-0.25, -0.2) is 0 Å². The molecular formula is C15H17O4Si. The molecule has 0 spiro atoms. The monoisotopic (exact) mass is 289 g/mol. The Balaban J connectivity index is 2.45. The number of hydrogen-bond donors (Lipinski definition) is 2. The molecule has 0 amide bonds. The summed E-state index contributed by atoms with van der Waals surface area (Å²) in [6.45, 7) is 1.78. The molecular weight excluding hydrogens is 272 g/mol. The van der Waals surface area contributed by atoms with Crippen molar-refractivity contribution in [2.45, 2.75) is 13.2 Å². The molecule has 105 valence electrons. The molecule has 2 N–H and O–H groups in total. The summed E-state index contributed by atoms with van der Waals surface area (Å²) in [5.74, 6) is 0.320. The fraction of sp³-hybridized carbons (Fsp3) is 0.200. The highest BCUT2D eigenvalue weighted by Gasteiger charge is 2.27. The number of aromatic hydroxyl groups is 2. The van der Waals surface area contributed by atoms with Crippen LogP contribution in [0.3, 0.4) is 0 Å². The van der Waals surface area contributed by atoms with Crippen molar-refractivity contribution in [2.24, 2.45) is 0 Å². The minimum Gasteiger partial charge on any atom is -0.508 e. The van der Waals surface area contributed by atoms with E-state index < -0.39 is 15.3 Å². The lowest BCUT2D eigenvalue weighted by Crippen LogP contribution is -2.47. The van der Waals surface area contributed by atoms with Crippen molar-refractivity contribution in [2.75, 3.05) is 7.11 Å². The minimum absolute atomic E-state index is 0.160. The Kier molecular flexibility index (Phi) is 4.78. The predicted molar refractivity (Wildman–Crippen MR) is 78.8 cm³/mol. The van der Waals surface area contributed by atoms with Gasteiger partial charge in [-0.2, -0.15) is 0 Å². The summed E-state index contributed by atoms with van der Waals surface area (Å²) in [7, 11) is -0.241. The molecule has 0 aromatic heterocycles. The lowest BCUT2D eigenvalue weighted by Gasteiger charge is -2.21. The lowest BCUT2D eigenvalue weighted by molar-refractivity contribution is -0.0382. The predicted octanol–water partition coefficient (Wildman–Crippen LogP) is 1.21. The lowest BCUT2D eigenvalue weighted by atomic mass is 10.3. The first-order valence-electron chi connectivity index (χ1n) is 6.26. The molecule has 0 aliphatic carbocycles. The third-order valence-corrected chi connectivity index (χ3v) is 5.30. The number of methoxy groups -OCH3 is 1. The first-order chi connectivity index (χ1) is 9.63. The van der Waals surface area contributed by atoms with E-state index in [0.717, 1.165) is 0 Å². The zero-order chi connectivity index (χ0) is 14.5. The van der Waals surface area contributed by atoms with Gasteiger partial charge in [0.05, 0.1) is 0 Å². The molecule has 1 radical (unpaired) electrons. The molecule has 4 nitrogen and oxygen atoms in total. The normalized spacial score (nSPS) is 12.6. The van der Waals surface area contributed by atoms with Crippen molar-refractivity contribution in [1.29, 1.82) is 0 Å². The summed E-state index contributed by atoms with van der Waals surface area (Å²) < 4.78 is 11.0. The molecule has 0 bridgehead atoms. The van der Waals surface area contributed by atoms with Gasteiger partial charge in [0, 0.05) is 17.5 Å². The molecule has 2 rings (SSSR count). The smallest absolute Gasteiger partial charge is 0.293 e. The fourth-order valence-corrected chi connectivity index (χ4v) is 3.92. The summed E-state index contributed by atoms with van der Waals surface area (Å²) in [5.41, 5.74) is 0. The highest BCUT2D eigenvalue weighted by molar-refractivity contribution is 6.81. The third-order valence-electron chi connectivity index (χ3n) is 2.91. The number of para-hydroxylation sites is 2. The highest BCUT2D eigenvalue weighted by atomic mass is 28.3. The van der Waals surface area contributed by atoms with Crippen molar-refractivity contribution in [3.63, 3.8) is 0 Å². The average Bonchev–Trinajstić information content (AvgIpc) is 2.46. The van der Waals surface area contributed by atoms with Gasteiger partial charge in [-0.1, -0.05) is 36.4 Å². The van der Waals surface area contributed by atoms with Crippen molar-refractivity contribution < 1.29 is 19.4 Å². The molecule has 2 aromatic carbocycles. The summed E-state index contributed by atoms with van der Waals surface area (Å²) in [5, 5.41) is 21.4. The zero-order valence-corrected chi connectivity index (χ0v) is 12.4. The van der Waals surface area contributed by atoms with Crippen LogP contribution in [-0.2, 0) is 9.16 Å². The molecule has 0 aliphatic rings. The van der Waals surface area contributed by atoms with E-state index >= 15 is 0 Å². The Morgan fingerprint density at radius 1 is 0.900 bits per heavy atom. The second kappa shape index (κ2) is 6.56. The van der Waals surface area contributed by atoms with Gasteiger partial charge < -0.3 is 19.4 Å². The van der Waals surface area contributed by atoms with Crippen LogP contribution in [0.4, 0.5) is 0 Å². The van der Waals surface area contributed by atoms with Crippen LogP contribution in [0.2, 0.25) is 0 Å². The van der Waals surface area contributed by atoms with E-state index in [9.17, 15) is 10.2 Å². The Morgan fingerprint density at radius 3 is 1.75 bits per heavy atom. The molecule has 0 saturated heterocycles. The van der Waals surface area contributed by atoms with E-state index in [-0.39, 0.29) is 11.5 Å². The quantitative estimate of drug-likeness (QED) is 0.642. The van der Waals surface area contributed by atoms with Crippen LogP contribution in [-0.4, -0.2) is 32.7 Å².